The number of aromatic amines is 1. The van der Waals surface area contributed by atoms with Crippen molar-refractivity contribution in [3.63, 3.8) is 0 Å². The van der Waals surface area contributed by atoms with E-state index in [1.54, 1.807) is 0 Å². The molecule has 1 unspecified atom stereocenters. The number of fused-ring (bicyclic) bond motifs is 2. The third-order valence-corrected chi connectivity index (χ3v) is 4.74. The zero-order valence-electron chi connectivity index (χ0n) is 13.2. The Morgan fingerprint density at radius 2 is 1.80 bits per heavy atom. The van der Waals surface area contributed by atoms with Gasteiger partial charge in [0.05, 0.1) is 11.6 Å². The van der Waals surface area contributed by atoms with Crippen molar-refractivity contribution in [1.82, 2.24) is 10.3 Å². The first kappa shape index (κ1) is 14.0. The van der Waals surface area contributed by atoms with Gasteiger partial charge in [0.15, 0.2) is 5.76 Å². The van der Waals surface area contributed by atoms with E-state index in [0.717, 1.165) is 33.1 Å². The SMILES string of the molecule is O=C1CC(c2c(-c3cc4ccccc4o3)[nH]c3ccccc23)C(=O)N1. The number of carbonyl (C=O) groups excluding carboxylic acids is 2. The molecule has 5 nitrogen and oxygen atoms in total. The monoisotopic (exact) mass is 330 g/mol. The second-order valence-electron chi connectivity index (χ2n) is 6.28. The van der Waals surface area contributed by atoms with Crippen LogP contribution in [-0.4, -0.2) is 16.8 Å². The normalized spacial score (nSPS) is 17.5. The van der Waals surface area contributed by atoms with E-state index < -0.39 is 5.92 Å². The lowest BCUT2D eigenvalue weighted by Crippen LogP contribution is -2.21. The molecule has 1 fully saturated rings. The van der Waals surface area contributed by atoms with Crippen molar-refractivity contribution in [2.75, 3.05) is 0 Å². The van der Waals surface area contributed by atoms with Gasteiger partial charge < -0.3 is 9.40 Å². The molecule has 0 aliphatic carbocycles. The van der Waals surface area contributed by atoms with Crippen molar-refractivity contribution < 1.29 is 14.0 Å². The predicted molar refractivity (Wildman–Crippen MR) is 94.0 cm³/mol. The molecule has 0 bridgehead atoms. The fourth-order valence-electron chi connectivity index (χ4n) is 3.61. The number of nitrogens with one attached hydrogen (secondary N) is 2. The molecule has 0 spiro atoms. The molecule has 1 aliphatic heterocycles. The van der Waals surface area contributed by atoms with Gasteiger partial charge in [-0.05, 0) is 18.2 Å². The third-order valence-electron chi connectivity index (χ3n) is 4.74. The van der Waals surface area contributed by atoms with Gasteiger partial charge in [0, 0.05) is 28.3 Å². The first-order valence-electron chi connectivity index (χ1n) is 8.14. The summed E-state index contributed by atoms with van der Waals surface area (Å²) in [5.41, 5.74) is 3.28. The van der Waals surface area contributed by atoms with Crippen molar-refractivity contribution in [3.05, 3.63) is 60.2 Å². The second-order valence-corrected chi connectivity index (χ2v) is 6.28. The fourth-order valence-corrected chi connectivity index (χ4v) is 3.61. The lowest BCUT2D eigenvalue weighted by Gasteiger charge is -2.07. The number of imide groups is 1. The molecule has 122 valence electrons. The predicted octanol–water partition coefficient (Wildman–Crippen LogP) is 3.71. The van der Waals surface area contributed by atoms with Crippen molar-refractivity contribution >= 4 is 33.7 Å². The lowest BCUT2D eigenvalue weighted by molar-refractivity contribution is -0.125. The maximum absolute atomic E-state index is 12.3. The summed E-state index contributed by atoms with van der Waals surface area (Å²) in [7, 11) is 0. The molecule has 0 radical (unpaired) electrons. The molecule has 0 saturated carbocycles. The van der Waals surface area contributed by atoms with Crippen LogP contribution in [0.15, 0.2) is 59.0 Å². The molecule has 1 saturated heterocycles. The highest BCUT2D eigenvalue weighted by Gasteiger charge is 2.36. The van der Waals surface area contributed by atoms with Gasteiger partial charge in [0.1, 0.15) is 5.58 Å². The van der Waals surface area contributed by atoms with Crippen LogP contribution in [0.1, 0.15) is 17.9 Å². The summed E-state index contributed by atoms with van der Waals surface area (Å²) in [6, 6.07) is 17.5. The minimum absolute atomic E-state index is 0.161. The highest BCUT2D eigenvalue weighted by Crippen LogP contribution is 2.40. The Hall–Kier alpha value is -3.34. The number of carbonyl (C=O) groups is 2. The summed E-state index contributed by atoms with van der Waals surface area (Å²) in [6.07, 6.45) is 0.161. The fraction of sp³-hybridized carbons (Fsp3) is 0.100. The minimum atomic E-state index is -0.508. The van der Waals surface area contributed by atoms with E-state index in [-0.39, 0.29) is 18.2 Å². The highest BCUT2D eigenvalue weighted by molar-refractivity contribution is 6.09. The maximum atomic E-state index is 12.3. The van der Waals surface area contributed by atoms with E-state index in [2.05, 4.69) is 10.3 Å². The molecule has 25 heavy (non-hydrogen) atoms. The van der Waals surface area contributed by atoms with E-state index in [9.17, 15) is 9.59 Å². The van der Waals surface area contributed by atoms with Crippen LogP contribution >= 0.6 is 0 Å². The molecule has 5 heteroatoms. The van der Waals surface area contributed by atoms with E-state index in [0.29, 0.717) is 5.76 Å². The molecular weight excluding hydrogens is 316 g/mol. The van der Waals surface area contributed by atoms with Crippen molar-refractivity contribution in [1.29, 1.82) is 0 Å². The average Bonchev–Trinajstić information content (AvgIpc) is 3.28. The zero-order valence-corrected chi connectivity index (χ0v) is 13.2. The number of furan rings is 1. The number of para-hydroxylation sites is 2. The molecular formula is C20H14N2O3. The first-order valence-corrected chi connectivity index (χ1v) is 8.14. The molecule has 5 rings (SSSR count). The summed E-state index contributed by atoms with van der Waals surface area (Å²) >= 11 is 0. The van der Waals surface area contributed by atoms with Crippen molar-refractivity contribution in [3.8, 4) is 11.5 Å². The van der Waals surface area contributed by atoms with Crippen LogP contribution in [0, 0.1) is 0 Å². The van der Waals surface area contributed by atoms with Gasteiger partial charge in [-0.15, -0.1) is 0 Å². The van der Waals surface area contributed by atoms with Crippen LogP contribution in [0.3, 0.4) is 0 Å². The number of amides is 2. The van der Waals surface area contributed by atoms with Gasteiger partial charge in [0.25, 0.3) is 0 Å². The topological polar surface area (TPSA) is 75.1 Å². The Labute approximate surface area is 142 Å². The van der Waals surface area contributed by atoms with Crippen molar-refractivity contribution in [2.45, 2.75) is 12.3 Å². The molecule has 2 amide bonds. The number of hydrogen-bond donors (Lipinski definition) is 2. The van der Waals surface area contributed by atoms with Crippen molar-refractivity contribution in [2.24, 2.45) is 0 Å². The molecule has 2 aromatic heterocycles. The van der Waals surface area contributed by atoms with Gasteiger partial charge in [-0.25, -0.2) is 0 Å². The minimum Gasteiger partial charge on any atom is -0.455 e. The van der Waals surface area contributed by atoms with E-state index in [1.165, 1.54) is 0 Å². The van der Waals surface area contributed by atoms with Crippen LogP contribution in [-0.2, 0) is 9.59 Å². The summed E-state index contributed by atoms with van der Waals surface area (Å²) in [5.74, 6) is -0.339. The largest absolute Gasteiger partial charge is 0.455 e. The summed E-state index contributed by atoms with van der Waals surface area (Å²) in [5, 5.41) is 4.34. The molecule has 1 aliphatic rings. The van der Waals surface area contributed by atoms with Gasteiger partial charge in [0.2, 0.25) is 11.8 Å². The Kier molecular flexibility index (Phi) is 2.85. The molecule has 3 heterocycles. The maximum Gasteiger partial charge on any atom is 0.234 e. The lowest BCUT2D eigenvalue weighted by atomic mass is 9.93. The van der Waals surface area contributed by atoms with E-state index in [4.69, 9.17) is 4.42 Å². The summed E-state index contributed by atoms with van der Waals surface area (Å²) in [4.78, 5) is 27.4. The highest BCUT2D eigenvalue weighted by atomic mass is 16.3. The number of rotatable bonds is 2. The van der Waals surface area contributed by atoms with Crippen LogP contribution in [0.2, 0.25) is 0 Å². The van der Waals surface area contributed by atoms with Crippen LogP contribution in [0.4, 0.5) is 0 Å². The van der Waals surface area contributed by atoms with Crippen LogP contribution < -0.4 is 5.32 Å². The second kappa shape index (κ2) is 5.08. The molecule has 4 aromatic rings. The van der Waals surface area contributed by atoms with Crippen LogP contribution in [0.25, 0.3) is 33.3 Å². The quantitative estimate of drug-likeness (QED) is 0.550. The van der Waals surface area contributed by atoms with Gasteiger partial charge in [-0.3, -0.25) is 14.9 Å². The Morgan fingerprint density at radius 1 is 1.00 bits per heavy atom. The Balaban J connectivity index is 1.78. The number of H-pyrrole nitrogens is 1. The average molecular weight is 330 g/mol. The molecule has 2 aromatic carbocycles. The van der Waals surface area contributed by atoms with Gasteiger partial charge in [-0.2, -0.15) is 0 Å². The van der Waals surface area contributed by atoms with Gasteiger partial charge in [-0.1, -0.05) is 36.4 Å². The number of benzene rings is 2. The Bertz CT molecular complexity index is 1120. The van der Waals surface area contributed by atoms with E-state index >= 15 is 0 Å². The molecule has 2 N–H and O–H groups in total. The Morgan fingerprint density at radius 3 is 2.60 bits per heavy atom. The van der Waals surface area contributed by atoms with Gasteiger partial charge >= 0.3 is 0 Å². The third kappa shape index (κ3) is 2.09. The summed E-state index contributed by atoms with van der Waals surface area (Å²) < 4.78 is 6.00. The number of aromatic nitrogens is 1. The van der Waals surface area contributed by atoms with Crippen LogP contribution in [0.5, 0.6) is 0 Å². The zero-order chi connectivity index (χ0) is 17.0. The summed E-state index contributed by atoms with van der Waals surface area (Å²) in [6.45, 7) is 0. The standard InChI is InChI=1S/C20H14N2O3/c23-17-10-13(20(24)22-17)18-12-6-2-3-7-14(12)21-19(18)16-9-11-5-1-4-8-15(11)25-16/h1-9,13,21H,10H2,(H,22,23,24). The first-order chi connectivity index (χ1) is 12.2. The molecule has 1 atom stereocenters. The smallest absolute Gasteiger partial charge is 0.234 e. The number of hydrogen-bond acceptors (Lipinski definition) is 3. The van der Waals surface area contributed by atoms with E-state index in [1.807, 2.05) is 54.6 Å².